The number of halogens is 1. The normalized spacial score (nSPS) is 13.6. The van der Waals surface area contributed by atoms with Gasteiger partial charge in [-0.2, -0.15) is 0 Å². The van der Waals surface area contributed by atoms with Crippen molar-refractivity contribution in [2.24, 2.45) is 5.73 Å². The van der Waals surface area contributed by atoms with Crippen molar-refractivity contribution in [3.05, 3.63) is 29.8 Å². The summed E-state index contributed by atoms with van der Waals surface area (Å²) in [6.45, 7) is 3.11. The maximum absolute atomic E-state index is 13.4. The van der Waals surface area contributed by atoms with Crippen molar-refractivity contribution < 1.29 is 14.3 Å². The monoisotopic (exact) mass is 212 g/mol. The number of pyridine rings is 1. The second kappa shape index (κ2) is 3.94. The predicted octanol–water partition coefficient (Wildman–Crippen LogP) is 0.910. The molecule has 1 heterocycles. The lowest BCUT2D eigenvalue weighted by Crippen LogP contribution is -2.47. The standard InChI is InChI=1S/C10H13FN2O2/c1-10(2,7(12)9(14)15)8-6(11)4-3-5-13-8/h3-5,7H,12H2,1-2H3,(H,14,15). The number of hydrogen-bond donors (Lipinski definition) is 2. The Labute approximate surface area is 86.9 Å². The highest BCUT2D eigenvalue weighted by Crippen LogP contribution is 2.26. The van der Waals surface area contributed by atoms with E-state index >= 15 is 0 Å². The molecule has 1 rings (SSSR count). The molecule has 0 saturated heterocycles. The van der Waals surface area contributed by atoms with Crippen LogP contribution in [0.5, 0.6) is 0 Å². The van der Waals surface area contributed by atoms with E-state index in [4.69, 9.17) is 10.8 Å². The summed E-state index contributed by atoms with van der Waals surface area (Å²) >= 11 is 0. The van der Waals surface area contributed by atoms with E-state index in [1.807, 2.05) is 0 Å². The predicted molar refractivity (Wildman–Crippen MR) is 52.8 cm³/mol. The number of carboxylic acids is 1. The molecule has 1 unspecified atom stereocenters. The fourth-order valence-electron chi connectivity index (χ4n) is 1.32. The van der Waals surface area contributed by atoms with Crippen LogP contribution in [-0.4, -0.2) is 22.1 Å². The Kier molecular flexibility index (Phi) is 3.04. The minimum atomic E-state index is -1.19. The average molecular weight is 212 g/mol. The molecule has 4 nitrogen and oxygen atoms in total. The van der Waals surface area contributed by atoms with Gasteiger partial charge in [0.15, 0.2) is 0 Å². The van der Waals surface area contributed by atoms with Crippen LogP contribution in [-0.2, 0) is 10.2 Å². The molecule has 0 bridgehead atoms. The van der Waals surface area contributed by atoms with Crippen molar-refractivity contribution >= 4 is 5.97 Å². The lowest BCUT2D eigenvalue weighted by molar-refractivity contribution is -0.140. The molecule has 1 aromatic heterocycles. The molecule has 3 N–H and O–H groups in total. The summed E-state index contributed by atoms with van der Waals surface area (Å²) in [6.07, 6.45) is 1.41. The molecule has 0 amide bonds. The van der Waals surface area contributed by atoms with Gasteiger partial charge in [-0.25, -0.2) is 4.39 Å². The number of aromatic nitrogens is 1. The summed E-state index contributed by atoms with van der Waals surface area (Å²) in [4.78, 5) is 14.6. The van der Waals surface area contributed by atoms with Crippen molar-refractivity contribution in [1.29, 1.82) is 0 Å². The van der Waals surface area contributed by atoms with Crippen molar-refractivity contribution in [3.63, 3.8) is 0 Å². The van der Waals surface area contributed by atoms with Crippen LogP contribution >= 0.6 is 0 Å². The zero-order chi connectivity index (χ0) is 11.6. The molecular formula is C10H13FN2O2. The molecule has 0 fully saturated rings. The fraction of sp³-hybridized carbons (Fsp3) is 0.400. The molecule has 0 aliphatic rings. The second-order valence-electron chi connectivity index (χ2n) is 3.87. The number of aliphatic carboxylic acids is 1. The SMILES string of the molecule is CC(C)(c1ncccc1F)C(N)C(=O)O. The first-order chi connectivity index (χ1) is 6.87. The van der Waals surface area contributed by atoms with E-state index in [9.17, 15) is 9.18 Å². The van der Waals surface area contributed by atoms with E-state index in [0.29, 0.717) is 0 Å². The van der Waals surface area contributed by atoms with E-state index in [-0.39, 0.29) is 5.69 Å². The van der Waals surface area contributed by atoms with Gasteiger partial charge in [0, 0.05) is 11.6 Å². The Balaban J connectivity index is 3.16. The molecule has 0 aliphatic carbocycles. The minimum absolute atomic E-state index is 0.0694. The number of rotatable bonds is 3. The molecule has 1 atom stereocenters. The number of hydrogen-bond acceptors (Lipinski definition) is 3. The van der Waals surface area contributed by atoms with E-state index in [2.05, 4.69) is 4.98 Å². The maximum Gasteiger partial charge on any atom is 0.321 e. The molecule has 0 aliphatic heterocycles. The van der Waals surface area contributed by atoms with Gasteiger partial charge >= 0.3 is 5.97 Å². The fourth-order valence-corrected chi connectivity index (χ4v) is 1.32. The first kappa shape index (κ1) is 11.6. The van der Waals surface area contributed by atoms with Crippen molar-refractivity contribution in [3.8, 4) is 0 Å². The van der Waals surface area contributed by atoms with Crippen LogP contribution < -0.4 is 5.73 Å². The first-order valence-corrected chi connectivity index (χ1v) is 4.46. The maximum atomic E-state index is 13.4. The molecule has 5 heteroatoms. The van der Waals surface area contributed by atoms with Gasteiger partial charge in [0.05, 0.1) is 5.69 Å². The Morgan fingerprint density at radius 3 is 2.73 bits per heavy atom. The van der Waals surface area contributed by atoms with E-state index in [1.54, 1.807) is 13.8 Å². The summed E-state index contributed by atoms with van der Waals surface area (Å²) in [7, 11) is 0. The third-order valence-electron chi connectivity index (χ3n) is 2.41. The number of carboxylic acid groups (broad SMARTS) is 1. The second-order valence-corrected chi connectivity index (χ2v) is 3.87. The Bertz CT molecular complexity index is 379. The molecule has 0 saturated carbocycles. The Hall–Kier alpha value is -1.49. The van der Waals surface area contributed by atoms with Crippen LogP contribution in [0.3, 0.4) is 0 Å². The van der Waals surface area contributed by atoms with Gasteiger partial charge in [0.2, 0.25) is 0 Å². The largest absolute Gasteiger partial charge is 0.480 e. The number of carbonyl (C=O) groups is 1. The summed E-state index contributed by atoms with van der Waals surface area (Å²) in [5, 5.41) is 8.79. The topological polar surface area (TPSA) is 76.2 Å². The highest BCUT2D eigenvalue weighted by Gasteiger charge is 2.36. The van der Waals surface area contributed by atoms with Crippen LogP contribution in [0, 0.1) is 5.82 Å². The van der Waals surface area contributed by atoms with Crippen molar-refractivity contribution in [2.45, 2.75) is 25.3 Å². The minimum Gasteiger partial charge on any atom is -0.480 e. The average Bonchev–Trinajstić information content (AvgIpc) is 2.16. The zero-order valence-corrected chi connectivity index (χ0v) is 8.57. The highest BCUT2D eigenvalue weighted by atomic mass is 19.1. The lowest BCUT2D eigenvalue weighted by Gasteiger charge is -2.28. The molecular weight excluding hydrogens is 199 g/mol. The highest BCUT2D eigenvalue weighted by molar-refractivity contribution is 5.75. The molecule has 0 aromatic carbocycles. The third-order valence-corrected chi connectivity index (χ3v) is 2.41. The van der Waals surface area contributed by atoms with Crippen LogP contribution in [0.1, 0.15) is 19.5 Å². The molecule has 82 valence electrons. The zero-order valence-electron chi connectivity index (χ0n) is 8.57. The van der Waals surface area contributed by atoms with E-state index < -0.39 is 23.2 Å². The van der Waals surface area contributed by atoms with Gasteiger partial charge in [-0.3, -0.25) is 9.78 Å². The number of nitrogens with zero attached hydrogens (tertiary/aromatic N) is 1. The van der Waals surface area contributed by atoms with Gasteiger partial charge < -0.3 is 10.8 Å². The summed E-state index contributed by atoms with van der Waals surface area (Å²) in [5.74, 6) is -1.72. The quantitative estimate of drug-likeness (QED) is 0.780. The van der Waals surface area contributed by atoms with Gasteiger partial charge in [0.25, 0.3) is 0 Å². The molecule has 0 radical (unpaired) electrons. The van der Waals surface area contributed by atoms with Crippen LogP contribution in [0.4, 0.5) is 4.39 Å². The van der Waals surface area contributed by atoms with Crippen LogP contribution in [0.15, 0.2) is 18.3 Å². The van der Waals surface area contributed by atoms with Crippen LogP contribution in [0.25, 0.3) is 0 Å². The van der Waals surface area contributed by atoms with Gasteiger partial charge in [-0.05, 0) is 12.1 Å². The summed E-state index contributed by atoms with van der Waals surface area (Å²) in [5.41, 5.74) is 4.51. The van der Waals surface area contributed by atoms with Crippen molar-refractivity contribution in [2.75, 3.05) is 0 Å². The summed E-state index contributed by atoms with van der Waals surface area (Å²) < 4.78 is 13.4. The van der Waals surface area contributed by atoms with Crippen molar-refractivity contribution in [1.82, 2.24) is 4.98 Å². The molecule has 15 heavy (non-hydrogen) atoms. The Morgan fingerprint density at radius 2 is 2.27 bits per heavy atom. The molecule has 1 aromatic rings. The van der Waals surface area contributed by atoms with E-state index in [0.717, 1.165) is 0 Å². The first-order valence-electron chi connectivity index (χ1n) is 4.46. The molecule has 0 spiro atoms. The summed E-state index contributed by atoms with van der Waals surface area (Å²) in [6, 6.07) is 1.49. The lowest BCUT2D eigenvalue weighted by atomic mass is 9.81. The smallest absolute Gasteiger partial charge is 0.321 e. The third kappa shape index (κ3) is 2.12. The Morgan fingerprint density at radius 1 is 1.67 bits per heavy atom. The number of nitrogens with two attached hydrogens (primary N) is 1. The van der Waals surface area contributed by atoms with E-state index in [1.165, 1.54) is 18.3 Å². The van der Waals surface area contributed by atoms with Gasteiger partial charge in [-0.1, -0.05) is 13.8 Å². The van der Waals surface area contributed by atoms with Gasteiger partial charge in [0.1, 0.15) is 11.9 Å². The van der Waals surface area contributed by atoms with Crippen LogP contribution in [0.2, 0.25) is 0 Å². The van der Waals surface area contributed by atoms with Gasteiger partial charge in [-0.15, -0.1) is 0 Å².